The maximum Gasteiger partial charge on any atom is 0.250 e. The van der Waals surface area contributed by atoms with Crippen molar-refractivity contribution in [2.45, 2.75) is 19.6 Å². The number of hydrogen-bond donors (Lipinski definition) is 1. The van der Waals surface area contributed by atoms with E-state index in [2.05, 4.69) is 20.6 Å². The molecule has 7 nitrogen and oxygen atoms in total. The Morgan fingerprint density at radius 2 is 2.22 bits per heavy atom. The third-order valence-electron chi connectivity index (χ3n) is 3.13. The van der Waals surface area contributed by atoms with E-state index in [1.807, 2.05) is 30.3 Å². The number of rotatable bonds is 6. The molecule has 0 radical (unpaired) electrons. The number of aromatic nitrogens is 4. The Kier molecular flexibility index (Phi) is 4.62. The fraction of sp³-hybridized carbons (Fsp3) is 0.200. The Hall–Kier alpha value is -2.74. The third-order valence-corrected chi connectivity index (χ3v) is 3.81. The molecule has 0 aliphatic heterocycles. The highest BCUT2D eigenvalue weighted by Crippen LogP contribution is 2.15. The van der Waals surface area contributed by atoms with Crippen LogP contribution < -0.4 is 10.1 Å². The van der Waals surface area contributed by atoms with Gasteiger partial charge in [0.25, 0.3) is 5.91 Å². The van der Waals surface area contributed by atoms with Crippen molar-refractivity contribution < 1.29 is 9.53 Å². The van der Waals surface area contributed by atoms with E-state index in [0.29, 0.717) is 17.4 Å². The zero-order chi connectivity index (χ0) is 16.1. The molecule has 3 aromatic rings. The first-order chi connectivity index (χ1) is 11.2. The molecule has 0 saturated heterocycles. The average molecular weight is 329 g/mol. The van der Waals surface area contributed by atoms with Crippen LogP contribution in [0.25, 0.3) is 0 Å². The lowest BCUT2D eigenvalue weighted by molar-refractivity contribution is -0.119. The summed E-state index contributed by atoms with van der Waals surface area (Å²) in [6.45, 7) is 2.05. The van der Waals surface area contributed by atoms with E-state index in [-0.39, 0.29) is 5.91 Å². The summed E-state index contributed by atoms with van der Waals surface area (Å²) in [4.78, 5) is 16.2. The minimum atomic E-state index is -0.489. The number of thiazole rings is 1. The lowest BCUT2D eigenvalue weighted by Crippen LogP contribution is -2.24. The van der Waals surface area contributed by atoms with Gasteiger partial charge in [-0.05, 0) is 19.1 Å². The molecule has 3 rings (SSSR count). The Morgan fingerprint density at radius 3 is 2.96 bits per heavy atom. The number of nitrogens with one attached hydrogen (secondary N) is 1. The van der Waals surface area contributed by atoms with Crippen molar-refractivity contribution in [2.75, 3.05) is 5.32 Å². The molecule has 8 heteroatoms. The molecule has 0 aliphatic rings. The topological polar surface area (TPSA) is 81.9 Å². The van der Waals surface area contributed by atoms with Crippen molar-refractivity contribution in [1.82, 2.24) is 20.0 Å². The molecule has 1 N–H and O–H groups in total. The van der Waals surface area contributed by atoms with Gasteiger partial charge in [-0.25, -0.2) is 9.67 Å². The van der Waals surface area contributed by atoms with E-state index in [4.69, 9.17) is 4.74 Å². The third kappa shape index (κ3) is 3.92. The molecular formula is C15H15N5O2S. The second kappa shape index (κ2) is 7.01. The van der Waals surface area contributed by atoms with Gasteiger partial charge in [0, 0.05) is 11.6 Å². The molecule has 0 bridgehead atoms. The van der Waals surface area contributed by atoms with Crippen LogP contribution in [0, 0.1) is 0 Å². The van der Waals surface area contributed by atoms with Crippen molar-refractivity contribution in [1.29, 1.82) is 0 Å². The predicted octanol–water partition coefficient (Wildman–Crippen LogP) is 2.51. The first-order valence-electron chi connectivity index (χ1n) is 7.01. The van der Waals surface area contributed by atoms with Crippen LogP contribution in [0.15, 0.2) is 48.1 Å². The normalized spacial score (nSPS) is 11.9. The van der Waals surface area contributed by atoms with Crippen LogP contribution in [0.5, 0.6) is 5.75 Å². The van der Waals surface area contributed by atoms with Gasteiger partial charge >= 0.3 is 0 Å². The van der Waals surface area contributed by atoms with Crippen molar-refractivity contribution >= 4 is 22.4 Å². The van der Waals surface area contributed by atoms with Crippen LogP contribution in [-0.2, 0) is 11.4 Å². The van der Waals surface area contributed by atoms with Gasteiger partial charge < -0.3 is 10.1 Å². The highest BCUT2D eigenvalue weighted by atomic mass is 32.1. The van der Waals surface area contributed by atoms with E-state index in [9.17, 15) is 4.79 Å². The van der Waals surface area contributed by atoms with E-state index in [0.717, 1.165) is 5.75 Å². The molecule has 2 heterocycles. The SMILES string of the molecule is CC(C(=O)Nc1nccs1)n1cc(COc2ccccc2)nn1. The highest BCUT2D eigenvalue weighted by molar-refractivity contribution is 7.13. The molecule has 2 aromatic heterocycles. The van der Waals surface area contributed by atoms with Crippen molar-refractivity contribution in [3.8, 4) is 5.75 Å². The molecule has 1 unspecified atom stereocenters. The minimum Gasteiger partial charge on any atom is -0.487 e. The summed E-state index contributed by atoms with van der Waals surface area (Å²) < 4.78 is 7.11. The molecular weight excluding hydrogens is 314 g/mol. The smallest absolute Gasteiger partial charge is 0.250 e. The fourth-order valence-corrected chi connectivity index (χ4v) is 2.39. The van der Waals surface area contributed by atoms with Crippen molar-refractivity contribution in [3.63, 3.8) is 0 Å². The van der Waals surface area contributed by atoms with Crippen LogP contribution in [0.2, 0.25) is 0 Å². The summed E-state index contributed by atoms with van der Waals surface area (Å²) >= 11 is 1.37. The summed E-state index contributed by atoms with van der Waals surface area (Å²) in [6.07, 6.45) is 3.34. The van der Waals surface area contributed by atoms with Crippen LogP contribution in [0.1, 0.15) is 18.7 Å². The standard InChI is InChI=1S/C15H15N5O2S/c1-11(14(21)17-15-16-7-8-23-15)20-9-12(18-19-20)10-22-13-5-3-2-4-6-13/h2-9,11H,10H2,1H3,(H,16,17,21). The molecule has 0 spiro atoms. The molecule has 1 amide bonds. The Balaban J connectivity index is 1.58. The summed E-state index contributed by atoms with van der Waals surface area (Å²) in [5, 5.41) is 13.1. The van der Waals surface area contributed by atoms with Gasteiger partial charge in [-0.3, -0.25) is 4.79 Å². The minimum absolute atomic E-state index is 0.194. The van der Waals surface area contributed by atoms with Crippen LogP contribution in [-0.4, -0.2) is 25.9 Å². The number of anilines is 1. The zero-order valence-electron chi connectivity index (χ0n) is 12.4. The second-order valence-electron chi connectivity index (χ2n) is 4.79. The van der Waals surface area contributed by atoms with Gasteiger partial charge in [-0.15, -0.1) is 16.4 Å². The van der Waals surface area contributed by atoms with Gasteiger partial charge in [0.05, 0.1) is 6.20 Å². The van der Waals surface area contributed by atoms with Crippen LogP contribution in [0.3, 0.4) is 0 Å². The van der Waals surface area contributed by atoms with Gasteiger partial charge in [0.2, 0.25) is 0 Å². The number of carbonyl (C=O) groups excluding carboxylic acids is 1. The van der Waals surface area contributed by atoms with Crippen molar-refractivity contribution in [3.05, 3.63) is 53.8 Å². The van der Waals surface area contributed by atoms with Crippen molar-refractivity contribution in [2.24, 2.45) is 0 Å². The molecule has 0 fully saturated rings. The zero-order valence-corrected chi connectivity index (χ0v) is 13.2. The van der Waals surface area contributed by atoms with Gasteiger partial charge in [0.1, 0.15) is 24.1 Å². The summed E-state index contributed by atoms with van der Waals surface area (Å²) in [5.74, 6) is 0.567. The van der Waals surface area contributed by atoms with E-state index < -0.39 is 6.04 Å². The fourth-order valence-electron chi connectivity index (χ4n) is 1.86. The number of nitrogens with zero attached hydrogens (tertiary/aromatic N) is 4. The Labute approximate surface area is 136 Å². The highest BCUT2D eigenvalue weighted by Gasteiger charge is 2.17. The number of amides is 1. The molecule has 118 valence electrons. The lowest BCUT2D eigenvalue weighted by atomic mass is 10.3. The van der Waals surface area contributed by atoms with Crippen LogP contribution in [0.4, 0.5) is 5.13 Å². The number of para-hydroxylation sites is 1. The molecule has 0 aliphatic carbocycles. The maximum absolute atomic E-state index is 12.1. The predicted molar refractivity (Wildman–Crippen MR) is 86.3 cm³/mol. The number of hydrogen-bond acceptors (Lipinski definition) is 6. The maximum atomic E-state index is 12.1. The molecule has 1 aromatic carbocycles. The first-order valence-corrected chi connectivity index (χ1v) is 7.89. The first kappa shape index (κ1) is 15.2. The number of benzene rings is 1. The number of ether oxygens (including phenoxy) is 1. The second-order valence-corrected chi connectivity index (χ2v) is 5.69. The van der Waals surface area contributed by atoms with Crippen LogP contribution >= 0.6 is 11.3 Å². The van der Waals surface area contributed by atoms with Gasteiger partial charge in [-0.1, -0.05) is 23.4 Å². The van der Waals surface area contributed by atoms with E-state index >= 15 is 0 Å². The Bertz CT molecular complexity index is 757. The summed E-state index contributed by atoms with van der Waals surface area (Å²) in [6, 6.07) is 8.97. The van der Waals surface area contributed by atoms with Gasteiger partial charge in [-0.2, -0.15) is 0 Å². The quantitative estimate of drug-likeness (QED) is 0.751. The molecule has 0 saturated carbocycles. The molecule has 1 atom stereocenters. The average Bonchev–Trinajstić information content (AvgIpc) is 3.25. The lowest BCUT2D eigenvalue weighted by Gasteiger charge is -2.09. The number of carbonyl (C=O) groups is 1. The van der Waals surface area contributed by atoms with E-state index in [1.54, 1.807) is 24.7 Å². The summed E-state index contributed by atoms with van der Waals surface area (Å²) in [7, 11) is 0. The molecule has 23 heavy (non-hydrogen) atoms. The monoisotopic (exact) mass is 329 g/mol. The van der Waals surface area contributed by atoms with E-state index in [1.165, 1.54) is 16.0 Å². The summed E-state index contributed by atoms with van der Waals surface area (Å²) in [5.41, 5.74) is 0.655. The van der Waals surface area contributed by atoms with Gasteiger partial charge in [0.15, 0.2) is 5.13 Å². The largest absolute Gasteiger partial charge is 0.487 e. The Morgan fingerprint density at radius 1 is 1.39 bits per heavy atom.